The number of hydrogen-bond donors (Lipinski definition) is 1. The Morgan fingerprint density at radius 2 is 1.69 bits per heavy atom. The standard InChI is InChI=1S/C24H28F3NO/c1-17(19-8-5-9-22(10-19)24(25,26)27)14-28-15-20-12-23(29,13-21(20)16-28)11-18-6-3-2-4-7-18/h2-10,17,20-21,29H,11-16H2,1H3/t17?,20-,21+,23?. The lowest BCUT2D eigenvalue weighted by Gasteiger charge is -2.27. The van der Waals surface area contributed by atoms with Crippen LogP contribution in [0, 0.1) is 11.8 Å². The highest BCUT2D eigenvalue weighted by molar-refractivity contribution is 5.28. The minimum atomic E-state index is -4.30. The summed E-state index contributed by atoms with van der Waals surface area (Å²) in [5, 5.41) is 11.1. The Morgan fingerprint density at radius 3 is 2.31 bits per heavy atom. The average Bonchev–Trinajstić information content (AvgIpc) is 3.15. The van der Waals surface area contributed by atoms with E-state index in [0.29, 0.717) is 18.3 Å². The number of nitrogens with zero attached hydrogens (tertiary/aromatic N) is 1. The van der Waals surface area contributed by atoms with Crippen LogP contribution in [0.15, 0.2) is 54.6 Å². The van der Waals surface area contributed by atoms with Crippen molar-refractivity contribution in [2.24, 2.45) is 11.8 Å². The number of rotatable bonds is 5. The zero-order valence-electron chi connectivity index (χ0n) is 16.7. The van der Waals surface area contributed by atoms with Crippen molar-refractivity contribution in [3.05, 3.63) is 71.3 Å². The summed E-state index contributed by atoms with van der Waals surface area (Å²) in [4.78, 5) is 2.36. The third-order valence-electron chi connectivity index (χ3n) is 6.63. The third kappa shape index (κ3) is 4.67. The van der Waals surface area contributed by atoms with Crippen molar-refractivity contribution in [3.63, 3.8) is 0 Å². The van der Waals surface area contributed by atoms with E-state index >= 15 is 0 Å². The molecule has 1 aliphatic heterocycles. The Labute approximate surface area is 170 Å². The van der Waals surface area contributed by atoms with Crippen LogP contribution >= 0.6 is 0 Å². The third-order valence-corrected chi connectivity index (χ3v) is 6.63. The number of halogens is 3. The molecule has 2 aliphatic rings. The molecule has 5 heteroatoms. The van der Waals surface area contributed by atoms with E-state index in [1.807, 2.05) is 25.1 Å². The lowest BCUT2D eigenvalue weighted by atomic mass is 9.91. The Balaban J connectivity index is 1.34. The van der Waals surface area contributed by atoms with Gasteiger partial charge in [-0.15, -0.1) is 0 Å². The van der Waals surface area contributed by atoms with Crippen LogP contribution in [0.4, 0.5) is 13.2 Å². The van der Waals surface area contributed by atoms with E-state index in [-0.39, 0.29) is 5.92 Å². The number of fused-ring (bicyclic) bond motifs is 1. The summed E-state index contributed by atoms with van der Waals surface area (Å²) in [6, 6.07) is 15.8. The molecule has 1 saturated carbocycles. The highest BCUT2D eigenvalue weighted by Gasteiger charge is 2.48. The lowest BCUT2D eigenvalue weighted by Crippen LogP contribution is -2.33. The number of alkyl halides is 3. The van der Waals surface area contributed by atoms with Crippen molar-refractivity contribution in [1.29, 1.82) is 0 Å². The van der Waals surface area contributed by atoms with Crippen molar-refractivity contribution in [2.75, 3.05) is 19.6 Å². The molecule has 1 aliphatic carbocycles. The molecule has 0 radical (unpaired) electrons. The van der Waals surface area contributed by atoms with Gasteiger partial charge in [0.25, 0.3) is 0 Å². The first-order chi connectivity index (χ1) is 13.7. The fourth-order valence-corrected chi connectivity index (χ4v) is 5.34. The van der Waals surface area contributed by atoms with E-state index in [9.17, 15) is 18.3 Å². The molecular weight excluding hydrogens is 375 g/mol. The number of likely N-dealkylation sites (tertiary alicyclic amines) is 1. The normalized spacial score (nSPS) is 28.4. The zero-order chi connectivity index (χ0) is 20.6. The molecular formula is C24H28F3NO. The Hall–Kier alpha value is -1.85. The quantitative estimate of drug-likeness (QED) is 0.749. The van der Waals surface area contributed by atoms with Crippen LogP contribution in [0.25, 0.3) is 0 Å². The maximum atomic E-state index is 13.0. The molecule has 2 fully saturated rings. The fraction of sp³-hybridized carbons (Fsp3) is 0.500. The molecule has 1 N–H and O–H groups in total. The monoisotopic (exact) mass is 403 g/mol. The molecule has 2 unspecified atom stereocenters. The van der Waals surface area contributed by atoms with Gasteiger partial charge in [0.05, 0.1) is 11.2 Å². The highest BCUT2D eigenvalue weighted by Crippen LogP contribution is 2.45. The molecule has 4 atom stereocenters. The average molecular weight is 403 g/mol. The van der Waals surface area contributed by atoms with Crippen molar-refractivity contribution in [3.8, 4) is 0 Å². The van der Waals surface area contributed by atoms with Crippen LogP contribution in [0.5, 0.6) is 0 Å². The van der Waals surface area contributed by atoms with Gasteiger partial charge in [-0.25, -0.2) is 0 Å². The molecule has 4 rings (SSSR count). The van der Waals surface area contributed by atoms with Crippen molar-refractivity contribution in [2.45, 2.75) is 43.9 Å². The number of aliphatic hydroxyl groups is 1. The maximum Gasteiger partial charge on any atom is 0.416 e. The van der Waals surface area contributed by atoms with Gasteiger partial charge in [-0.2, -0.15) is 13.2 Å². The van der Waals surface area contributed by atoms with Crippen LogP contribution in [0.1, 0.15) is 42.4 Å². The van der Waals surface area contributed by atoms with E-state index in [2.05, 4.69) is 17.0 Å². The van der Waals surface area contributed by atoms with Crippen LogP contribution in [-0.2, 0) is 12.6 Å². The van der Waals surface area contributed by atoms with Gasteiger partial charge in [0.1, 0.15) is 0 Å². The first kappa shape index (κ1) is 20.4. The fourth-order valence-electron chi connectivity index (χ4n) is 5.34. The molecule has 0 spiro atoms. The molecule has 2 aromatic carbocycles. The minimum absolute atomic E-state index is 0.0410. The lowest BCUT2D eigenvalue weighted by molar-refractivity contribution is -0.137. The molecule has 29 heavy (non-hydrogen) atoms. The second kappa shape index (κ2) is 7.77. The molecule has 1 saturated heterocycles. The highest BCUT2D eigenvalue weighted by atomic mass is 19.4. The first-order valence-corrected chi connectivity index (χ1v) is 10.4. The molecule has 2 nitrogen and oxygen atoms in total. The van der Waals surface area contributed by atoms with Crippen LogP contribution in [0.2, 0.25) is 0 Å². The van der Waals surface area contributed by atoms with Crippen LogP contribution in [0.3, 0.4) is 0 Å². The molecule has 2 aromatic rings. The van der Waals surface area contributed by atoms with Crippen molar-refractivity contribution < 1.29 is 18.3 Å². The summed E-state index contributed by atoms with van der Waals surface area (Å²) in [6.07, 6.45) is -1.99. The molecule has 1 heterocycles. The second-order valence-electron chi connectivity index (χ2n) is 9.06. The van der Waals surface area contributed by atoms with Gasteiger partial charge in [-0.1, -0.05) is 55.5 Å². The van der Waals surface area contributed by atoms with Crippen LogP contribution in [-0.4, -0.2) is 35.2 Å². The predicted octanol–water partition coefficient (Wildman–Crippen LogP) is 5.12. The number of benzene rings is 2. The smallest absolute Gasteiger partial charge is 0.390 e. The largest absolute Gasteiger partial charge is 0.416 e. The Morgan fingerprint density at radius 1 is 1.03 bits per heavy atom. The SMILES string of the molecule is CC(CN1C[C@@H]2CC(O)(Cc3ccccc3)C[C@@H]2C1)c1cccc(C(F)(F)F)c1. The molecule has 156 valence electrons. The summed E-state index contributed by atoms with van der Waals surface area (Å²) >= 11 is 0. The maximum absolute atomic E-state index is 13.0. The van der Waals surface area contributed by atoms with Crippen LogP contribution < -0.4 is 0 Å². The molecule has 0 bridgehead atoms. The summed E-state index contributed by atoms with van der Waals surface area (Å²) < 4.78 is 39.0. The van der Waals surface area contributed by atoms with Gasteiger partial charge < -0.3 is 10.0 Å². The van der Waals surface area contributed by atoms with Gasteiger partial charge in [0, 0.05) is 26.1 Å². The summed E-state index contributed by atoms with van der Waals surface area (Å²) in [7, 11) is 0. The van der Waals surface area contributed by atoms with E-state index in [1.54, 1.807) is 6.07 Å². The van der Waals surface area contributed by atoms with E-state index in [1.165, 1.54) is 17.7 Å². The number of hydrogen-bond acceptors (Lipinski definition) is 2. The van der Waals surface area contributed by atoms with Gasteiger partial charge in [-0.3, -0.25) is 0 Å². The summed E-state index contributed by atoms with van der Waals surface area (Å²) in [6.45, 7) is 4.59. The van der Waals surface area contributed by atoms with Gasteiger partial charge >= 0.3 is 6.18 Å². The van der Waals surface area contributed by atoms with Gasteiger partial charge in [0.15, 0.2) is 0 Å². The predicted molar refractivity (Wildman–Crippen MR) is 108 cm³/mol. The van der Waals surface area contributed by atoms with Crippen molar-refractivity contribution >= 4 is 0 Å². The van der Waals surface area contributed by atoms with Crippen molar-refractivity contribution in [1.82, 2.24) is 4.90 Å². The molecule has 0 amide bonds. The zero-order valence-corrected chi connectivity index (χ0v) is 16.7. The van der Waals surface area contributed by atoms with E-state index in [0.717, 1.165) is 44.1 Å². The van der Waals surface area contributed by atoms with Gasteiger partial charge in [0.2, 0.25) is 0 Å². The van der Waals surface area contributed by atoms with E-state index in [4.69, 9.17) is 0 Å². The Bertz CT molecular complexity index is 822. The topological polar surface area (TPSA) is 23.5 Å². The summed E-state index contributed by atoms with van der Waals surface area (Å²) in [5.74, 6) is 0.981. The van der Waals surface area contributed by atoms with Gasteiger partial charge in [-0.05, 0) is 47.8 Å². The molecule has 0 aromatic heterocycles. The Kier molecular flexibility index (Phi) is 5.47. The first-order valence-electron chi connectivity index (χ1n) is 10.4. The van der Waals surface area contributed by atoms with E-state index < -0.39 is 17.3 Å². The second-order valence-corrected chi connectivity index (χ2v) is 9.06. The minimum Gasteiger partial charge on any atom is -0.390 e. The summed E-state index contributed by atoms with van der Waals surface area (Å²) in [5.41, 5.74) is 0.698.